The molecule has 0 radical (unpaired) electrons. The highest BCUT2D eigenvalue weighted by Crippen LogP contribution is 2.31. The van der Waals surface area contributed by atoms with Gasteiger partial charge in [0.15, 0.2) is 6.29 Å². The minimum Gasteiger partial charge on any atom is -0.335 e. The van der Waals surface area contributed by atoms with Crippen LogP contribution in [0.2, 0.25) is 0 Å². The highest BCUT2D eigenvalue weighted by Gasteiger charge is 2.14. The van der Waals surface area contributed by atoms with Crippen molar-refractivity contribution in [3.8, 4) is 11.1 Å². The fourth-order valence-corrected chi connectivity index (χ4v) is 2.33. The Kier molecular flexibility index (Phi) is 2.63. The highest BCUT2D eigenvalue weighted by atomic mass is 19.1. The van der Waals surface area contributed by atoms with Gasteiger partial charge in [-0.25, -0.2) is 9.37 Å². The van der Waals surface area contributed by atoms with Crippen LogP contribution in [-0.2, 0) is 7.05 Å². The molecule has 4 heteroatoms. The molecule has 0 saturated heterocycles. The Balaban J connectivity index is 2.42. The molecule has 0 bridgehead atoms. The van der Waals surface area contributed by atoms with Gasteiger partial charge in [0.2, 0.25) is 0 Å². The summed E-state index contributed by atoms with van der Waals surface area (Å²) in [5.41, 5.74) is 2.35. The molecule has 0 fully saturated rings. The summed E-state index contributed by atoms with van der Waals surface area (Å²) in [6.07, 6.45) is 4.10. The second kappa shape index (κ2) is 4.31. The molecule has 3 rings (SSSR count). The first-order chi connectivity index (χ1) is 9.22. The van der Waals surface area contributed by atoms with E-state index in [1.165, 1.54) is 6.07 Å². The molecule has 0 amide bonds. The maximum atomic E-state index is 13.9. The quantitative estimate of drug-likeness (QED) is 0.658. The zero-order chi connectivity index (χ0) is 13.4. The van der Waals surface area contributed by atoms with Crippen molar-refractivity contribution in [3.05, 3.63) is 54.1 Å². The second-order valence-corrected chi connectivity index (χ2v) is 4.35. The van der Waals surface area contributed by atoms with Crippen molar-refractivity contribution in [2.75, 3.05) is 0 Å². The summed E-state index contributed by atoms with van der Waals surface area (Å²) in [5, 5.41) is 0.685. The van der Waals surface area contributed by atoms with E-state index in [0.717, 1.165) is 6.29 Å². The van der Waals surface area contributed by atoms with E-state index in [1.54, 1.807) is 41.2 Å². The molecule has 3 aromatic rings. The van der Waals surface area contributed by atoms with E-state index in [4.69, 9.17) is 0 Å². The maximum Gasteiger partial charge on any atom is 0.152 e. The topological polar surface area (TPSA) is 34.9 Å². The molecule has 0 aliphatic heterocycles. The zero-order valence-electron chi connectivity index (χ0n) is 10.3. The van der Waals surface area contributed by atoms with Crippen molar-refractivity contribution in [1.29, 1.82) is 0 Å². The van der Waals surface area contributed by atoms with Gasteiger partial charge in [-0.1, -0.05) is 18.2 Å². The molecule has 0 aliphatic rings. The van der Waals surface area contributed by atoms with Crippen LogP contribution in [0.3, 0.4) is 0 Å². The Bertz CT molecular complexity index is 777. The van der Waals surface area contributed by atoms with Crippen molar-refractivity contribution in [1.82, 2.24) is 9.55 Å². The lowest BCUT2D eigenvalue weighted by Gasteiger charge is -2.05. The summed E-state index contributed by atoms with van der Waals surface area (Å²) in [5.74, 6) is -0.310. The van der Waals surface area contributed by atoms with Gasteiger partial charge in [-0.2, -0.15) is 0 Å². The van der Waals surface area contributed by atoms with Crippen LogP contribution in [0.4, 0.5) is 4.39 Å². The molecule has 0 spiro atoms. The molecule has 2 heterocycles. The Hall–Kier alpha value is -2.49. The number of carbonyl (C=O) groups is 1. The van der Waals surface area contributed by atoms with E-state index >= 15 is 0 Å². The van der Waals surface area contributed by atoms with Gasteiger partial charge in [-0.15, -0.1) is 0 Å². The van der Waals surface area contributed by atoms with Crippen LogP contribution in [-0.4, -0.2) is 15.8 Å². The second-order valence-electron chi connectivity index (χ2n) is 4.35. The molecular weight excluding hydrogens is 243 g/mol. The van der Waals surface area contributed by atoms with E-state index in [0.29, 0.717) is 27.7 Å². The molecule has 1 aromatic carbocycles. The lowest BCUT2D eigenvalue weighted by Crippen LogP contribution is -1.90. The number of hydrogen-bond acceptors (Lipinski definition) is 2. The lowest BCUT2D eigenvalue weighted by molar-refractivity contribution is 0.112. The Morgan fingerprint density at radius 3 is 2.74 bits per heavy atom. The van der Waals surface area contributed by atoms with Crippen LogP contribution in [0.25, 0.3) is 22.2 Å². The van der Waals surface area contributed by atoms with E-state index in [2.05, 4.69) is 4.98 Å². The SMILES string of the molecule is Cn1cc(C=O)c2c(-c3ccccc3F)ccnc21. The van der Waals surface area contributed by atoms with Crippen LogP contribution >= 0.6 is 0 Å². The molecular formula is C15H11FN2O. The molecule has 0 N–H and O–H groups in total. The highest BCUT2D eigenvalue weighted by molar-refractivity contribution is 6.04. The summed E-state index contributed by atoms with van der Waals surface area (Å²) in [6, 6.07) is 8.25. The van der Waals surface area contributed by atoms with Gasteiger partial charge in [0.1, 0.15) is 11.5 Å². The third-order valence-electron chi connectivity index (χ3n) is 3.18. The summed E-state index contributed by atoms with van der Waals surface area (Å²) >= 11 is 0. The van der Waals surface area contributed by atoms with Crippen molar-refractivity contribution in [2.24, 2.45) is 7.05 Å². The largest absolute Gasteiger partial charge is 0.335 e. The number of pyridine rings is 1. The number of rotatable bonds is 2. The number of carbonyl (C=O) groups excluding carboxylic acids is 1. The summed E-state index contributed by atoms with van der Waals surface area (Å²) < 4.78 is 15.7. The molecule has 0 aliphatic carbocycles. The molecule has 19 heavy (non-hydrogen) atoms. The molecule has 3 nitrogen and oxygen atoms in total. The Morgan fingerprint density at radius 1 is 1.21 bits per heavy atom. The van der Waals surface area contributed by atoms with Crippen LogP contribution in [0, 0.1) is 5.82 Å². The van der Waals surface area contributed by atoms with Gasteiger partial charge in [0.25, 0.3) is 0 Å². The van der Waals surface area contributed by atoms with E-state index in [1.807, 2.05) is 7.05 Å². The number of hydrogen-bond donors (Lipinski definition) is 0. The van der Waals surface area contributed by atoms with Crippen LogP contribution in [0.1, 0.15) is 10.4 Å². The van der Waals surface area contributed by atoms with Crippen LogP contribution in [0.5, 0.6) is 0 Å². The lowest BCUT2D eigenvalue weighted by atomic mass is 10.0. The summed E-state index contributed by atoms with van der Waals surface area (Å²) in [4.78, 5) is 15.4. The summed E-state index contributed by atoms with van der Waals surface area (Å²) in [6.45, 7) is 0. The van der Waals surface area contributed by atoms with E-state index < -0.39 is 0 Å². The van der Waals surface area contributed by atoms with Crippen molar-refractivity contribution in [3.63, 3.8) is 0 Å². The van der Waals surface area contributed by atoms with Gasteiger partial charge < -0.3 is 4.57 Å². The standard InChI is InChI=1S/C15H11FN2O/c1-18-8-10(9-19)14-12(6-7-17-15(14)18)11-4-2-3-5-13(11)16/h2-9H,1H3. The first-order valence-corrected chi connectivity index (χ1v) is 5.86. The van der Waals surface area contributed by atoms with Gasteiger partial charge in [-0.3, -0.25) is 4.79 Å². The number of aromatic nitrogens is 2. The number of aryl methyl sites for hydroxylation is 1. The van der Waals surface area contributed by atoms with Gasteiger partial charge in [0, 0.05) is 36.0 Å². The van der Waals surface area contributed by atoms with Gasteiger partial charge in [0.05, 0.1) is 0 Å². The predicted molar refractivity (Wildman–Crippen MR) is 71.5 cm³/mol. The molecule has 0 saturated carbocycles. The molecule has 0 unspecified atom stereocenters. The van der Waals surface area contributed by atoms with Crippen molar-refractivity contribution < 1.29 is 9.18 Å². The smallest absolute Gasteiger partial charge is 0.152 e. The summed E-state index contributed by atoms with van der Waals surface area (Å²) in [7, 11) is 1.81. The zero-order valence-corrected chi connectivity index (χ0v) is 10.3. The van der Waals surface area contributed by atoms with E-state index in [-0.39, 0.29) is 5.82 Å². The Morgan fingerprint density at radius 2 is 2.00 bits per heavy atom. The van der Waals surface area contributed by atoms with Crippen molar-refractivity contribution >= 4 is 17.3 Å². The average molecular weight is 254 g/mol. The minimum absolute atomic E-state index is 0.310. The van der Waals surface area contributed by atoms with Crippen LogP contribution in [0.15, 0.2) is 42.7 Å². The van der Waals surface area contributed by atoms with Gasteiger partial charge >= 0.3 is 0 Å². The number of benzene rings is 1. The number of aldehydes is 1. The normalized spacial score (nSPS) is 10.8. The average Bonchev–Trinajstić information content (AvgIpc) is 2.76. The minimum atomic E-state index is -0.310. The first kappa shape index (κ1) is 11.6. The maximum absolute atomic E-state index is 13.9. The Labute approximate surface area is 109 Å². The van der Waals surface area contributed by atoms with Gasteiger partial charge in [-0.05, 0) is 17.7 Å². The number of halogens is 1. The predicted octanol–water partition coefficient (Wildman–Crippen LogP) is 3.19. The van der Waals surface area contributed by atoms with E-state index in [9.17, 15) is 9.18 Å². The number of nitrogens with zero attached hydrogens (tertiary/aromatic N) is 2. The third kappa shape index (κ3) is 1.73. The monoisotopic (exact) mass is 254 g/mol. The fraction of sp³-hybridized carbons (Fsp3) is 0.0667. The van der Waals surface area contributed by atoms with Crippen molar-refractivity contribution in [2.45, 2.75) is 0 Å². The first-order valence-electron chi connectivity index (χ1n) is 5.86. The fourth-order valence-electron chi connectivity index (χ4n) is 2.33. The molecule has 94 valence electrons. The molecule has 0 atom stereocenters. The van der Waals surface area contributed by atoms with Crippen LogP contribution < -0.4 is 0 Å². The third-order valence-corrected chi connectivity index (χ3v) is 3.18. The number of fused-ring (bicyclic) bond motifs is 1. The molecule has 2 aromatic heterocycles.